The number of carbonyl (C=O) groups excluding carboxylic acids is 1. The molecule has 2 fully saturated rings. The molecule has 2 saturated heterocycles. The van der Waals surface area contributed by atoms with E-state index in [1.165, 1.54) is 16.2 Å². The van der Waals surface area contributed by atoms with Crippen molar-refractivity contribution in [3.05, 3.63) is 16.0 Å². The summed E-state index contributed by atoms with van der Waals surface area (Å²) in [6.45, 7) is 0. The molecule has 3 aliphatic rings. The number of carboxylic acids is 1. The Labute approximate surface area is 143 Å². The van der Waals surface area contributed by atoms with Gasteiger partial charge in [-0.25, -0.2) is 0 Å². The second kappa shape index (κ2) is 5.87. The van der Waals surface area contributed by atoms with E-state index in [0.29, 0.717) is 17.0 Å². The second-order valence-corrected chi connectivity index (χ2v) is 7.80. The number of aryl methyl sites for hydroxylation is 1. The van der Waals surface area contributed by atoms with Gasteiger partial charge in [0.15, 0.2) is 0 Å². The van der Waals surface area contributed by atoms with Crippen LogP contribution in [0.25, 0.3) is 0 Å². The fourth-order valence-electron chi connectivity index (χ4n) is 4.29. The van der Waals surface area contributed by atoms with Crippen LogP contribution >= 0.6 is 11.3 Å². The highest BCUT2D eigenvalue weighted by Gasteiger charge is 2.55. The predicted molar refractivity (Wildman–Crippen MR) is 86.8 cm³/mol. The molecule has 126 valence electrons. The fourth-order valence-corrected chi connectivity index (χ4v) is 5.53. The van der Waals surface area contributed by atoms with Crippen molar-refractivity contribution in [1.82, 2.24) is 0 Å². The zero-order valence-electron chi connectivity index (χ0n) is 13.1. The molecular weight excluding hydrogens is 328 g/mol. The minimum atomic E-state index is -0.978. The molecular formula is C17H18N2O4S. The van der Waals surface area contributed by atoms with Crippen LogP contribution in [-0.2, 0) is 27.2 Å². The molecule has 1 amide bonds. The van der Waals surface area contributed by atoms with Crippen molar-refractivity contribution in [3.63, 3.8) is 0 Å². The van der Waals surface area contributed by atoms with E-state index in [1.807, 2.05) is 0 Å². The number of carbonyl (C=O) groups is 2. The monoisotopic (exact) mass is 346 g/mol. The molecule has 0 saturated carbocycles. The standard InChI is InChI=1S/C17H18N2O4S/c18-7-9-8-3-1-2-4-12(8)24-16(9)19-15(20)13-10-5-6-11(23-10)14(13)17(21)22/h10-11,13-14H,1-6H2,(H,19,20)(H,21,22)/t10-,11-,13-,14-/m1/s1. The van der Waals surface area contributed by atoms with Gasteiger partial charge in [0, 0.05) is 4.88 Å². The van der Waals surface area contributed by atoms with Crippen LogP contribution in [0.4, 0.5) is 5.00 Å². The van der Waals surface area contributed by atoms with Crippen LogP contribution in [0.5, 0.6) is 0 Å². The molecule has 0 unspecified atom stereocenters. The highest BCUT2D eigenvalue weighted by molar-refractivity contribution is 7.16. The SMILES string of the molecule is N#Cc1c(NC(=O)[C@H]2[C@H](C(=O)O)[C@H]3CC[C@H]2O3)sc2c1CCCC2. The minimum Gasteiger partial charge on any atom is -0.481 e. The molecule has 6 nitrogen and oxygen atoms in total. The normalized spacial score (nSPS) is 30.6. The van der Waals surface area contributed by atoms with Gasteiger partial charge in [0.05, 0.1) is 29.6 Å². The van der Waals surface area contributed by atoms with Crippen LogP contribution in [0, 0.1) is 23.2 Å². The maximum Gasteiger partial charge on any atom is 0.310 e. The van der Waals surface area contributed by atoms with Gasteiger partial charge in [-0.1, -0.05) is 0 Å². The van der Waals surface area contributed by atoms with E-state index in [1.54, 1.807) is 0 Å². The molecule has 1 aromatic heterocycles. The average Bonchev–Trinajstić information content (AvgIpc) is 3.26. The van der Waals surface area contributed by atoms with Crippen molar-refractivity contribution < 1.29 is 19.4 Å². The number of anilines is 1. The average molecular weight is 346 g/mol. The molecule has 4 rings (SSSR count). The number of hydrogen-bond acceptors (Lipinski definition) is 5. The first-order valence-corrected chi connectivity index (χ1v) is 9.15. The molecule has 7 heteroatoms. The Morgan fingerprint density at radius 1 is 1.21 bits per heavy atom. The molecule has 4 atom stereocenters. The van der Waals surface area contributed by atoms with E-state index in [2.05, 4.69) is 11.4 Å². The Morgan fingerprint density at radius 2 is 1.92 bits per heavy atom. The topological polar surface area (TPSA) is 99.4 Å². The third-order valence-electron chi connectivity index (χ3n) is 5.38. The maximum atomic E-state index is 12.7. The van der Waals surface area contributed by atoms with Gasteiger partial charge in [-0.05, 0) is 44.1 Å². The van der Waals surface area contributed by atoms with E-state index in [9.17, 15) is 20.0 Å². The van der Waals surface area contributed by atoms with Crippen molar-refractivity contribution in [2.24, 2.45) is 11.8 Å². The lowest BCUT2D eigenvalue weighted by Crippen LogP contribution is -2.40. The Kier molecular flexibility index (Phi) is 3.82. The highest BCUT2D eigenvalue weighted by atomic mass is 32.1. The number of hydrogen-bond donors (Lipinski definition) is 2. The van der Waals surface area contributed by atoms with Crippen molar-refractivity contribution in [2.75, 3.05) is 5.32 Å². The minimum absolute atomic E-state index is 0.323. The lowest BCUT2D eigenvalue weighted by atomic mass is 9.78. The van der Waals surface area contributed by atoms with Crippen LogP contribution in [0.15, 0.2) is 0 Å². The lowest BCUT2D eigenvalue weighted by Gasteiger charge is -2.23. The Balaban J connectivity index is 1.60. The van der Waals surface area contributed by atoms with Gasteiger partial charge in [0.25, 0.3) is 0 Å². The van der Waals surface area contributed by atoms with Crippen molar-refractivity contribution >= 4 is 28.2 Å². The first kappa shape index (κ1) is 15.6. The summed E-state index contributed by atoms with van der Waals surface area (Å²) >= 11 is 1.46. The maximum absolute atomic E-state index is 12.7. The third-order valence-corrected chi connectivity index (χ3v) is 6.59. The molecule has 0 spiro atoms. The van der Waals surface area contributed by atoms with E-state index in [-0.39, 0.29) is 18.1 Å². The Morgan fingerprint density at radius 3 is 2.62 bits per heavy atom. The summed E-state index contributed by atoms with van der Waals surface area (Å²) < 4.78 is 5.65. The largest absolute Gasteiger partial charge is 0.481 e. The summed E-state index contributed by atoms with van der Waals surface area (Å²) in [7, 11) is 0. The van der Waals surface area contributed by atoms with Gasteiger partial charge in [0.1, 0.15) is 11.1 Å². The van der Waals surface area contributed by atoms with Crippen LogP contribution in [0.2, 0.25) is 0 Å². The number of rotatable bonds is 3. The number of carboxylic acid groups (broad SMARTS) is 1. The highest BCUT2D eigenvalue weighted by Crippen LogP contribution is 2.45. The van der Waals surface area contributed by atoms with Crippen LogP contribution in [-0.4, -0.2) is 29.2 Å². The second-order valence-electron chi connectivity index (χ2n) is 6.70. The van der Waals surface area contributed by atoms with Gasteiger partial charge in [-0.15, -0.1) is 11.3 Å². The van der Waals surface area contributed by atoms with E-state index in [4.69, 9.17) is 4.74 Å². The number of aliphatic carboxylic acids is 1. The van der Waals surface area contributed by atoms with Gasteiger partial charge < -0.3 is 15.2 Å². The van der Waals surface area contributed by atoms with Crippen LogP contribution < -0.4 is 5.32 Å². The third kappa shape index (κ3) is 2.33. The summed E-state index contributed by atoms with van der Waals surface area (Å²) in [5.41, 5.74) is 1.61. The summed E-state index contributed by atoms with van der Waals surface area (Å²) in [5.74, 6) is -2.77. The predicted octanol–water partition coefficient (Wildman–Crippen LogP) is 2.32. The number of fused-ring (bicyclic) bond motifs is 3. The molecule has 24 heavy (non-hydrogen) atoms. The summed E-state index contributed by atoms with van der Waals surface area (Å²) in [6.07, 6.45) is 4.71. The quantitative estimate of drug-likeness (QED) is 0.875. The van der Waals surface area contributed by atoms with Crippen molar-refractivity contribution in [3.8, 4) is 6.07 Å². The molecule has 3 heterocycles. The van der Waals surface area contributed by atoms with E-state index in [0.717, 1.165) is 37.7 Å². The number of nitrogens with zero attached hydrogens (tertiary/aromatic N) is 1. The van der Waals surface area contributed by atoms with Crippen LogP contribution in [0.3, 0.4) is 0 Å². The van der Waals surface area contributed by atoms with Gasteiger partial charge >= 0.3 is 5.97 Å². The number of amides is 1. The van der Waals surface area contributed by atoms with Crippen molar-refractivity contribution in [2.45, 2.75) is 50.7 Å². The summed E-state index contributed by atoms with van der Waals surface area (Å²) in [6, 6.07) is 2.22. The molecule has 2 bridgehead atoms. The van der Waals surface area contributed by atoms with Crippen LogP contribution in [0.1, 0.15) is 41.7 Å². The molecule has 1 aromatic rings. The van der Waals surface area contributed by atoms with E-state index >= 15 is 0 Å². The zero-order valence-corrected chi connectivity index (χ0v) is 13.9. The van der Waals surface area contributed by atoms with Gasteiger partial charge in [-0.3, -0.25) is 9.59 Å². The zero-order chi connectivity index (χ0) is 16.8. The number of ether oxygens (including phenoxy) is 1. The molecule has 2 N–H and O–H groups in total. The first-order chi connectivity index (χ1) is 11.6. The summed E-state index contributed by atoms with van der Waals surface area (Å²) in [4.78, 5) is 25.4. The fraction of sp³-hybridized carbons (Fsp3) is 0.588. The molecule has 2 aliphatic heterocycles. The smallest absolute Gasteiger partial charge is 0.310 e. The number of nitrogens with one attached hydrogen (secondary N) is 1. The number of nitriles is 1. The molecule has 0 radical (unpaired) electrons. The van der Waals surface area contributed by atoms with Gasteiger partial charge in [-0.2, -0.15) is 5.26 Å². The first-order valence-electron chi connectivity index (χ1n) is 8.34. The number of thiophene rings is 1. The van der Waals surface area contributed by atoms with Crippen molar-refractivity contribution in [1.29, 1.82) is 5.26 Å². The lowest BCUT2D eigenvalue weighted by molar-refractivity contribution is -0.147. The summed E-state index contributed by atoms with van der Waals surface area (Å²) in [5, 5.41) is 22.3. The Bertz CT molecular complexity index is 751. The van der Waals surface area contributed by atoms with Gasteiger partial charge in [0.2, 0.25) is 5.91 Å². The molecule has 0 aromatic carbocycles. The Hall–Kier alpha value is -1.91. The van der Waals surface area contributed by atoms with E-state index < -0.39 is 17.8 Å². The molecule has 1 aliphatic carbocycles.